The molecule has 39 heavy (non-hydrogen) atoms. The Morgan fingerprint density at radius 3 is 2.64 bits per heavy atom. The van der Waals surface area contributed by atoms with E-state index in [1.165, 1.54) is 19.2 Å². The zero-order valence-corrected chi connectivity index (χ0v) is 20.7. The van der Waals surface area contributed by atoms with Gasteiger partial charge in [-0.3, -0.25) is 9.59 Å². The first-order chi connectivity index (χ1) is 18.9. The molecule has 1 saturated heterocycles. The van der Waals surface area contributed by atoms with Gasteiger partial charge in [-0.1, -0.05) is 0 Å². The predicted molar refractivity (Wildman–Crippen MR) is 136 cm³/mol. The van der Waals surface area contributed by atoms with E-state index in [2.05, 4.69) is 36.2 Å². The van der Waals surface area contributed by atoms with E-state index in [1.807, 2.05) is 11.0 Å². The molecular formula is C25H23F2N9O3. The number of nitrogens with zero attached hydrogens (tertiary/aromatic N) is 6. The standard InChI is InChI=1S/C25H23F2N9O3/c1-28-24(38)22-18(9-20(32-33-22)30-23(37)13-2-3-13)29-25-31-21-7-5-15(10-36(21)34-25)35-11-16(12-35)39-19-6-4-14(26)8-17(19)27/h4-10,13,16H,2-3,11-12H2,1H3,(H,28,38)(H2,29,30,32,34,37). The van der Waals surface area contributed by atoms with Crippen LogP contribution in [0.3, 0.4) is 0 Å². The molecule has 12 nitrogen and oxygen atoms in total. The van der Waals surface area contributed by atoms with E-state index < -0.39 is 17.5 Å². The number of rotatable bonds is 8. The molecule has 1 aromatic carbocycles. The van der Waals surface area contributed by atoms with Gasteiger partial charge in [0.2, 0.25) is 11.9 Å². The number of hydrogen-bond acceptors (Lipinski definition) is 9. The van der Waals surface area contributed by atoms with Crippen LogP contribution in [-0.2, 0) is 4.79 Å². The highest BCUT2D eigenvalue weighted by Gasteiger charge is 2.31. The molecule has 2 amide bonds. The Morgan fingerprint density at radius 1 is 1.08 bits per heavy atom. The Labute approximate surface area is 220 Å². The first-order valence-corrected chi connectivity index (χ1v) is 12.3. The molecule has 4 heterocycles. The van der Waals surface area contributed by atoms with E-state index in [1.54, 1.807) is 16.8 Å². The number of halogens is 2. The highest BCUT2D eigenvalue weighted by atomic mass is 19.1. The van der Waals surface area contributed by atoms with Crippen molar-refractivity contribution in [3.8, 4) is 5.75 Å². The summed E-state index contributed by atoms with van der Waals surface area (Å²) in [5.74, 6) is -1.58. The average Bonchev–Trinajstić information content (AvgIpc) is 3.67. The van der Waals surface area contributed by atoms with Crippen LogP contribution in [0.4, 0.5) is 31.9 Å². The monoisotopic (exact) mass is 535 g/mol. The minimum absolute atomic E-state index is 0.0143. The summed E-state index contributed by atoms with van der Waals surface area (Å²) >= 11 is 0. The lowest BCUT2D eigenvalue weighted by Crippen LogP contribution is -2.54. The van der Waals surface area contributed by atoms with Gasteiger partial charge in [0.25, 0.3) is 5.91 Å². The molecule has 4 aromatic rings. The van der Waals surface area contributed by atoms with Gasteiger partial charge in [0, 0.05) is 25.1 Å². The second-order valence-corrected chi connectivity index (χ2v) is 9.30. The van der Waals surface area contributed by atoms with Crippen molar-refractivity contribution < 1.29 is 23.1 Å². The van der Waals surface area contributed by atoms with E-state index in [9.17, 15) is 18.4 Å². The molecular weight excluding hydrogens is 512 g/mol. The number of amides is 2. The number of fused-ring (bicyclic) bond motifs is 1. The Hall–Kier alpha value is -4.88. The smallest absolute Gasteiger partial charge is 0.273 e. The molecule has 2 fully saturated rings. The summed E-state index contributed by atoms with van der Waals surface area (Å²) in [4.78, 5) is 31.0. The van der Waals surface area contributed by atoms with E-state index in [0.717, 1.165) is 30.7 Å². The highest BCUT2D eigenvalue weighted by molar-refractivity contribution is 5.99. The lowest BCUT2D eigenvalue weighted by atomic mass is 10.1. The fourth-order valence-corrected chi connectivity index (χ4v) is 4.11. The zero-order chi connectivity index (χ0) is 27.1. The molecule has 0 unspecified atom stereocenters. The summed E-state index contributed by atoms with van der Waals surface area (Å²) in [5.41, 5.74) is 1.70. The van der Waals surface area contributed by atoms with Crippen LogP contribution in [0.25, 0.3) is 5.65 Å². The van der Waals surface area contributed by atoms with E-state index >= 15 is 0 Å². The number of carbonyl (C=O) groups excluding carboxylic acids is 2. The molecule has 1 saturated carbocycles. The third kappa shape index (κ3) is 5.12. The molecule has 200 valence electrons. The number of anilines is 4. The molecule has 1 aliphatic heterocycles. The van der Waals surface area contributed by atoms with Gasteiger partial charge < -0.3 is 25.6 Å². The van der Waals surface area contributed by atoms with Crippen LogP contribution in [-0.4, -0.2) is 62.9 Å². The van der Waals surface area contributed by atoms with Crippen molar-refractivity contribution in [2.24, 2.45) is 5.92 Å². The van der Waals surface area contributed by atoms with Crippen LogP contribution in [0.5, 0.6) is 5.75 Å². The maximum atomic E-state index is 13.9. The van der Waals surface area contributed by atoms with Crippen molar-refractivity contribution in [2.45, 2.75) is 18.9 Å². The Bertz CT molecular complexity index is 1580. The summed E-state index contributed by atoms with van der Waals surface area (Å²) in [6.45, 7) is 1.02. The normalized spacial score (nSPS) is 15.1. The minimum Gasteiger partial charge on any atom is -0.484 e. The number of hydrogen-bond donors (Lipinski definition) is 3. The van der Waals surface area contributed by atoms with Crippen LogP contribution in [0, 0.1) is 17.6 Å². The summed E-state index contributed by atoms with van der Waals surface area (Å²) in [6, 6.07) is 8.40. The van der Waals surface area contributed by atoms with Gasteiger partial charge in [-0.05, 0) is 37.1 Å². The number of ether oxygens (including phenoxy) is 1. The van der Waals surface area contributed by atoms with Gasteiger partial charge in [-0.15, -0.1) is 15.3 Å². The summed E-state index contributed by atoms with van der Waals surface area (Å²) in [5, 5.41) is 20.6. The molecule has 0 radical (unpaired) electrons. The molecule has 3 N–H and O–H groups in total. The Kier molecular flexibility index (Phi) is 6.13. The number of nitrogens with one attached hydrogen (secondary N) is 3. The molecule has 0 bridgehead atoms. The third-order valence-electron chi connectivity index (χ3n) is 6.40. The second-order valence-electron chi connectivity index (χ2n) is 9.30. The predicted octanol–water partition coefficient (Wildman–Crippen LogP) is 2.52. The number of carbonyl (C=O) groups is 2. The van der Waals surface area contributed by atoms with Gasteiger partial charge >= 0.3 is 0 Å². The fraction of sp³-hybridized carbons (Fsp3) is 0.280. The molecule has 14 heteroatoms. The maximum Gasteiger partial charge on any atom is 0.273 e. The highest BCUT2D eigenvalue weighted by Crippen LogP contribution is 2.31. The van der Waals surface area contributed by atoms with Gasteiger partial charge in [0.1, 0.15) is 11.9 Å². The van der Waals surface area contributed by atoms with Crippen molar-refractivity contribution in [3.05, 3.63) is 59.9 Å². The minimum atomic E-state index is -0.737. The van der Waals surface area contributed by atoms with E-state index in [-0.39, 0.29) is 46.8 Å². The Morgan fingerprint density at radius 2 is 1.90 bits per heavy atom. The first-order valence-electron chi connectivity index (χ1n) is 12.3. The second kappa shape index (κ2) is 9.78. The molecule has 1 aliphatic carbocycles. The van der Waals surface area contributed by atoms with Crippen LogP contribution in [0.2, 0.25) is 0 Å². The maximum absolute atomic E-state index is 13.9. The SMILES string of the molecule is CNC(=O)c1nnc(NC(=O)C2CC2)cc1Nc1nc2ccc(N3CC(Oc4ccc(F)cc4F)C3)cn2n1. The van der Waals surface area contributed by atoms with Crippen molar-refractivity contribution in [1.82, 2.24) is 30.1 Å². The molecule has 2 aliphatic rings. The number of benzene rings is 1. The van der Waals surface area contributed by atoms with Gasteiger partial charge in [0.05, 0.1) is 30.7 Å². The van der Waals surface area contributed by atoms with Gasteiger partial charge in [0.15, 0.2) is 28.7 Å². The van der Waals surface area contributed by atoms with Crippen LogP contribution in [0.15, 0.2) is 42.6 Å². The first kappa shape index (κ1) is 24.5. The molecule has 6 rings (SSSR count). The van der Waals surface area contributed by atoms with Crippen molar-refractivity contribution in [1.29, 1.82) is 0 Å². The van der Waals surface area contributed by atoms with Gasteiger partial charge in [-0.2, -0.15) is 4.98 Å². The lowest BCUT2D eigenvalue weighted by molar-refractivity contribution is -0.117. The number of pyridine rings is 1. The fourth-order valence-electron chi connectivity index (χ4n) is 4.11. The van der Waals surface area contributed by atoms with Crippen molar-refractivity contribution in [3.63, 3.8) is 0 Å². The molecule has 0 spiro atoms. The van der Waals surface area contributed by atoms with Crippen LogP contribution in [0.1, 0.15) is 23.3 Å². The number of aromatic nitrogens is 5. The zero-order valence-electron chi connectivity index (χ0n) is 20.7. The summed E-state index contributed by atoms with van der Waals surface area (Å²) in [7, 11) is 1.48. The van der Waals surface area contributed by atoms with E-state index in [4.69, 9.17) is 4.74 Å². The Balaban J connectivity index is 1.16. The topological polar surface area (TPSA) is 139 Å². The summed E-state index contributed by atoms with van der Waals surface area (Å²) < 4.78 is 34.2. The van der Waals surface area contributed by atoms with Crippen molar-refractivity contribution in [2.75, 3.05) is 35.7 Å². The van der Waals surface area contributed by atoms with Crippen LogP contribution >= 0.6 is 0 Å². The third-order valence-corrected chi connectivity index (χ3v) is 6.40. The quantitative estimate of drug-likeness (QED) is 0.311. The average molecular weight is 536 g/mol. The molecule has 3 aromatic heterocycles. The van der Waals surface area contributed by atoms with Crippen LogP contribution < -0.4 is 25.6 Å². The largest absolute Gasteiger partial charge is 0.484 e. The van der Waals surface area contributed by atoms with Gasteiger partial charge in [-0.25, -0.2) is 13.3 Å². The summed E-state index contributed by atoms with van der Waals surface area (Å²) in [6.07, 6.45) is 3.22. The lowest BCUT2D eigenvalue weighted by Gasteiger charge is -2.40. The van der Waals surface area contributed by atoms with Crippen molar-refractivity contribution >= 4 is 40.6 Å². The molecule has 0 atom stereocenters. The van der Waals surface area contributed by atoms with E-state index in [0.29, 0.717) is 18.7 Å².